The van der Waals surface area contributed by atoms with Crippen LogP contribution in [0.15, 0.2) is 0 Å². The van der Waals surface area contributed by atoms with Crippen LogP contribution in [0.1, 0.15) is 46.0 Å². The van der Waals surface area contributed by atoms with Gasteiger partial charge in [0.2, 0.25) is 0 Å². The zero-order valence-corrected chi connectivity index (χ0v) is 10.6. The van der Waals surface area contributed by atoms with E-state index in [-0.39, 0.29) is 11.8 Å². The molecule has 0 heterocycles. The van der Waals surface area contributed by atoms with Crippen LogP contribution in [0.3, 0.4) is 0 Å². The van der Waals surface area contributed by atoms with Gasteiger partial charge in [0.25, 0.3) is 0 Å². The molecule has 2 unspecified atom stereocenters. The van der Waals surface area contributed by atoms with E-state index in [1.165, 1.54) is 0 Å². The van der Waals surface area contributed by atoms with Crippen LogP contribution in [0.25, 0.3) is 0 Å². The number of hydrogen-bond donors (Lipinski definition) is 2. The Bertz CT molecular complexity index is 279. The molecule has 0 radical (unpaired) electrons. The Morgan fingerprint density at radius 3 is 2.00 bits per heavy atom. The molecule has 0 amide bonds. The number of carboxylic acids is 2. The number of carbonyl (C=O) groups is 2. The number of aliphatic carboxylic acids is 2. The van der Waals surface area contributed by atoms with Crippen LogP contribution < -0.4 is 0 Å². The van der Waals surface area contributed by atoms with Crippen LogP contribution in [-0.4, -0.2) is 22.2 Å². The zero-order valence-electron chi connectivity index (χ0n) is 10.6. The highest BCUT2D eigenvalue weighted by molar-refractivity contribution is 5.80. The first kappa shape index (κ1) is 14.0. The standard InChI is InChI=1S/C13H22O4/c1-8(2)7-10(12(14)15)11(13(16)17)9-5-3-4-6-9/h8-11H,3-7H2,1-2H3,(H,14,15)(H,16,17). The van der Waals surface area contributed by atoms with Crippen molar-refractivity contribution in [3.05, 3.63) is 0 Å². The Hall–Kier alpha value is -1.06. The number of carboxylic acid groups (broad SMARTS) is 2. The first-order chi connectivity index (χ1) is 7.93. The molecule has 98 valence electrons. The maximum absolute atomic E-state index is 11.4. The smallest absolute Gasteiger partial charge is 0.307 e. The quantitative estimate of drug-likeness (QED) is 0.750. The van der Waals surface area contributed by atoms with Crippen molar-refractivity contribution in [1.82, 2.24) is 0 Å². The molecule has 1 aliphatic carbocycles. The van der Waals surface area contributed by atoms with E-state index in [2.05, 4.69) is 0 Å². The van der Waals surface area contributed by atoms with Gasteiger partial charge in [-0.25, -0.2) is 0 Å². The summed E-state index contributed by atoms with van der Waals surface area (Å²) in [4.78, 5) is 22.6. The minimum atomic E-state index is -0.960. The third kappa shape index (κ3) is 3.72. The molecular formula is C13H22O4. The molecule has 0 bridgehead atoms. The zero-order chi connectivity index (χ0) is 13.0. The van der Waals surface area contributed by atoms with Gasteiger partial charge in [-0.2, -0.15) is 0 Å². The molecule has 1 saturated carbocycles. The molecule has 0 aromatic rings. The summed E-state index contributed by atoms with van der Waals surface area (Å²) >= 11 is 0. The van der Waals surface area contributed by atoms with Crippen molar-refractivity contribution in [2.24, 2.45) is 23.7 Å². The summed E-state index contributed by atoms with van der Waals surface area (Å²) in [6.07, 6.45) is 4.23. The fraction of sp³-hybridized carbons (Fsp3) is 0.846. The molecule has 0 aromatic carbocycles. The van der Waals surface area contributed by atoms with Crippen LogP contribution in [0.5, 0.6) is 0 Å². The van der Waals surface area contributed by atoms with Gasteiger partial charge in [-0.05, 0) is 31.1 Å². The maximum Gasteiger partial charge on any atom is 0.307 e. The Morgan fingerprint density at radius 1 is 1.12 bits per heavy atom. The van der Waals surface area contributed by atoms with Crippen LogP contribution >= 0.6 is 0 Å². The van der Waals surface area contributed by atoms with Gasteiger partial charge in [0.15, 0.2) is 0 Å². The average Bonchev–Trinajstić information content (AvgIpc) is 2.68. The first-order valence-corrected chi connectivity index (χ1v) is 6.39. The molecule has 2 N–H and O–H groups in total. The van der Waals surface area contributed by atoms with Crippen molar-refractivity contribution in [1.29, 1.82) is 0 Å². The monoisotopic (exact) mass is 242 g/mol. The second-order valence-electron chi connectivity index (χ2n) is 5.48. The van der Waals surface area contributed by atoms with Crippen molar-refractivity contribution in [3.63, 3.8) is 0 Å². The highest BCUT2D eigenvalue weighted by Crippen LogP contribution is 2.37. The van der Waals surface area contributed by atoms with Crippen molar-refractivity contribution < 1.29 is 19.8 Å². The van der Waals surface area contributed by atoms with Crippen LogP contribution in [0.4, 0.5) is 0 Å². The molecule has 1 aliphatic rings. The summed E-state index contributed by atoms with van der Waals surface area (Å²) in [5, 5.41) is 18.5. The summed E-state index contributed by atoms with van der Waals surface area (Å²) < 4.78 is 0. The number of hydrogen-bond acceptors (Lipinski definition) is 2. The van der Waals surface area contributed by atoms with Crippen molar-refractivity contribution in [2.45, 2.75) is 46.0 Å². The lowest BCUT2D eigenvalue weighted by Gasteiger charge is -2.26. The van der Waals surface area contributed by atoms with Crippen molar-refractivity contribution in [3.8, 4) is 0 Å². The van der Waals surface area contributed by atoms with E-state index in [1.807, 2.05) is 13.8 Å². The second-order valence-corrected chi connectivity index (χ2v) is 5.48. The molecule has 1 fully saturated rings. The Morgan fingerprint density at radius 2 is 1.65 bits per heavy atom. The van der Waals surface area contributed by atoms with E-state index in [0.29, 0.717) is 6.42 Å². The molecule has 1 rings (SSSR count). The predicted molar refractivity (Wildman–Crippen MR) is 63.7 cm³/mol. The van der Waals surface area contributed by atoms with E-state index < -0.39 is 23.8 Å². The van der Waals surface area contributed by atoms with E-state index in [4.69, 9.17) is 0 Å². The van der Waals surface area contributed by atoms with Gasteiger partial charge in [-0.15, -0.1) is 0 Å². The Kier molecular flexibility index (Phi) is 4.97. The van der Waals surface area contributed by atoms with Crippen LogP contribution in [-0.2, 0) is 9.59 Å². The van der Waals surface area contributed by atoms with Crippen LogP contribution in [0.2, 0.25) is 0 Å². The lowest BCUT2D eigenvalue weighted by Crippen LogP contribution is -2.35. The molecule has 4 nitrogen and oxygen atoms in total. The predicted octanol–water partition coefficient (Wildman–Crippen LogP) is 2.62. The van der Waals surface area contributed by atoms with Gasteiger partial charge in [0.05, 0.1) is 11.8 Å². The minimum absolute atomic E-state index is 0.0485. The first-order valence-electron chi connectivity index (χ1n) is 6.39. The lowest BCUT2D eigenvalue weighted by atomic mass is 9.77. The SMILES string of the molecule is CC(C)CC(C(=O)O)C(C(=O)O)C1CCCC1. The average molecular weight is 242 g/mol. The van der Waals surface area contributed by atoms with E-state index >= 15 is 0 Å². The fourth-order valence-electron chi connectivity index (χ4n) is 2.93. The normalized spacial score (nSPS) is 20.4. The van der Waals surface area contributed by atoms with Gasteiger partial charge < -0.3 is 10.2 Å². The van der Waals surface area contributed by atoms with Gasteiger partial charge >= 0.3 is 11.9 Å². The summed E-state index contributed by atoms with van der Waals surface area (Å²) in [5.74, 6) is -3.09. The van der Waals surface area contributed by atoms with Crippen molar-refractivity contribution in [2.75, 3.05) is 0 Å². The molecule has 0 aliphatic heterocycles. The summed E-state index contributed by atoms with van der Waals surface area (Å²) in [7, 11) is 0. The van der Waals surface area contributed by atoms with Gasteiger partial charge in [-0.3, -0.25) is 9.59 Å². The molecule has 17 heavy (non-hydrogen) atoms. The van der Waals surface area contributed by atoms with Gasteiger partial charge in [0, 0.05) is 0 Å². The summed E-state index contributed by atoms with van der Waals surface area (Å²) in [5.41, 5.74) is 0. The second kappa shape index (κ2) is 6.03. The lowest BCUT2D eigenvalue weighted by molar-refractivity contribution is -0.156. The number of rotatable bonds is 6. The molecule has 0 aromatic heterocycles. The third-order valence-corrected chi connectivity index (χ3v) is 3.67. The highest BCUT2D eigenvalue weighted by atomic mass is 16.4. The molecule has 2 atom stereocenters. The third-order valence-electron chi connectivity index (χ3n) is 3.67. The van der Waals surface area contributed by atoms with E-state index in [0.717, 1.165) is 25.7 Å². The molecular weight excluding hydrogens is 220 g/mol. The summed E-state index contributed by atoms with van der Waals surface area (Å²) in [6, 6.07) is 0. The highest BCUT2D eigenvalue weighted by Gasteiger charge is 2.40. The van der Waals surface area contributed by atoms with E-state index in [1.54, 1.807) is 0 Å². The van der Waals surface area contributed by atoms with Crippen LogP contribution in [0, 0.1) is 23.7 Å². The van der Waals surface area contributed by atoms with E-state index in [9.17, 15) is 19.8 Å². The Balaban J connectivity index is 2.84. The summed E-state index contributed by atoms with van der Waals surface area (Å²) in [6.45, 7) is 3.87. The van der Waals surface area contributed by atoms with Gasteiger partial charge in [0.1, 0.15) is 0 Å². The molecule has 4 heteroatoms. The fourth-order valence-corrected chi connectivity index (χ4v) is 2.93. The largest absolute Gasteiger partial charge is 0.481 e. The van der Waals surface area contributed by atoms with Crippen molar-refractivity contribution >= 4 is 11.9 Å². The Labute approximate surface area is 102 Å². The molecule has 0 spiro atoms. The topological polar surface area (TPSA) is 74.6 Å². The molecule has 0 saturated heterocycles. The minimum Gasteiger partial charge on any atom is -0.481 e. The van der Waals surface area contributed by atoms with Gasteiger partial charge in [-0.1, -0.05) is 26.7 Å². The maximum atomic E-state index is 11.4.